The highest BCUT2D eigenvalue weighted by Crippen LogP contribution is 2.29. The van der Waals surface area contributed by atoms with Crippen LogP contribution >= 0.6 is 0 Å². The fraction of sp³-hybridized carbons (Fsp3) is 0.632. The molecule has 6 heteroatoms. The molecule has 1 aliphatic rings. The predicted molar refractivity (Wildman–Crippen MR) is 94.7 cm³/mol. The van der Waals surface area contributed by atoms with E-state index in [1.54, 1.807) is 19.1 Å². The summed E-state index contributed by atoms with van der Waals surface area (Å²) < 4.78 is 9.83. The normalized spacial score (nSPS) is 19.5. The van der Waals surface area contributed by atoms with Gasteiger partial charge in [-0.05, 0) is 37.2 Å². The first-order valence-corrected chi connectivity index (χ1v) is 8.66. The maximum atomic E-state index is 12.3. The average molecular weight is 351 g/mol. The average Bonchev–Trinajstić information content (AvgIpc) is 2.89. The second-order valence-electron chi connectivity index (χ2n) is 7.30. The Hall–Kier alpha value is -2.11. The van der Waals surface area contributed by atoms with Crippen molar-refractivity contribution in [2.24, 2.45) is 11.3 Å². The molecule has 0 N–H and O–H groups in total. The third kappa shape index (κ3) is 6.72. The summed E-state index contributed by atoms with van der Waals surface area (Å²) in [5.41, 5.74) is -0.235. The molecule has 6 nitrogen and oxygen atoms in total. The van der Waals surface area contributed by atoms with Crippen LogP contribution in [0.15, 0.2) is 24.3 Å². The zero-order chi connectivity index (χ0) is 19.0. The van der Waals surface area contributed by atoms with Crippen LogP contribution in [0.1, 0.15) is 47.5 Å². The number of hydrogen-bond donors (Lipinski definition) is 0. The molecule has 0 aromatic carbocycles. The highest BCUT2D eigenvalue weighted by Gasteiger charge is 2.43. The molecule has 1 fully saturated rings. The first kappa shape index (κ1) is 20.9. The lowest BCUT2D eigenvalue weighted by Gasteiger charge is -2.30. The predicted octanol–water partition coefficient (Wildman–Crippen LogP) is 3.47. The van der Waals surface area contributed by atoms with Gasteiger partial charge in [-0.3, -0.25) is 4.79 Å². The summed E-state index contributed by atoms with van der Waals surface area (Å²) in [6, 6.07) is -0.262. The molecule has 0 saturated carbocycles. The van der Waals surface area contributed by atoms with E-state index in [4.69, 9.17) is 9.47 Å². The molecule has 140 valence electrons. The van der Waals surface area contributed by atoms with Crippen molar-refractivity contribution in [3.63, 3.8) is 0 Å². The van der Waals surface area contributed by atoms with E-state index < -0.39 is 6.09 Å². The zero-order valence-corrected chi connectivity index (χ0v) is 15.8. The van der Waals surface area contributed by atoms with Gasteiger partial charge in [0.05, 0.1) is 12.6 Å². The molecule has 0 aromatic rings. The van der Waals surface area contributed by atoms with E-state index in [9.17, 15) is 14.4 Å². The molecule has 0 aliphatic carbocycles. The number of cyclic esters (lactones) is 1. The van der Waals surface area contributed by atoms with Gasteiger partial charge in [-0.2, -0.15) is 0 Å². The van der Waals surface area contributed by atoms with Crippen LogP contribution in [0.2, 0.25) is 0 Å². The molecular weight excluding hydrogens is 322 g/mol. The number of allylic oxidation sites excluding steroid dienone is 2. The Morgan fingerprint density at radius 3 is 2.44 bits per heavy atom. The van der Waals surface area contributed by atoms with Gasteiger partial charge in [0.25, 0.3) is 5.91 Å². The molecule has 2 atom stereocenters. The Balaban J connectivity index is 2.51. The minimum absolute atomic E-state index is 0.233. The number of ether oxygens (including phenoxy) is 2. The van der Waals surface area contributed by atoms with Crippen LogP contribution in [-0.2, 0) is 19.1 Å². The van der Waals surface area contributed by atoms with E-state index in [0.29, 0.717) is 19.4 Å². The molecule has 0 unspecified atom stereocenters. The SMILES string of the molecule is CCOC(=O)/C=C/C[C@@H](C)C/C=C/C(=O)N1C(=O)OC[C@@H]1C(C)(C)C. The van der Waals surface area contributed by atoms with E-state index in [1.807, 2.05) is 27.7 Å². The fourth-order valence-electron chi connectivity index (χ4n) is 2.47. The van der Waals surface area contributed by atoms with Gasteiger partial charge in [0.15, 0.2) is 0 Å². The summed E-state index contributed by atoms with van der Waals surface area (Å²) in [5.74, 6) is -0.434. The molecule has 0 spiro atoms. The van der Waals surface area contributed by atoms with Gasteiger partial charge in [0.1, 0.15) is 6.61 Å². The topological polar surface area (TPSA) is 72.9 Å². The maximum Gasteiger partial charge on any atom is 0.417 e. The van der Waals surface area contributed by atoms with Crippen molar-refractivity contribution in [2.75, 3.05) is 13.2 Å². The van der Waals surface area contributed by atoms with Crippen LogP contribution in [0.5, 0.6) is 0 Å². The molecule has 1 heterocycles. The first-order chi connectivity index (χ1) is 11.7. The number of carbonyl (C=O) groups is 3. The van der Waals surface area contributed by atoms with Gasteiger partial charge in [-0.1, -0.05) is 39.8 Å². The lowest BCUT2D eigenvalue weighted by atomic mass is 9.86. The second kappa shape index (κ2) is 9.39. The lowest BCUT2D eigenvalue weighted by molar-refractivity contribution is -0.137. The summed E-state index contributed by atoms with van der Waals surface area (Å²) in [4.78, 5) is 36.6. The highest BCUT2D eigenvalue weighted by atomic mass is 16.6. The summed E-state index contributed by atoms with van der Waals surface area (Å²) in [7, 11) is 0. The van der Waals surface area contributed by atoms with Gasteiger partial charge < -0.3 is 9.47 Å². The minimum atomic E-state index is -0.583. The van der Waals surface area contributed by atoms with Crippen LogP contribution in [0.25, 0.3) is 0 Å². The standard InChI is InChI=1S/C19H29NO5/c1-6-24-17(22)12-8-10-14(2)9-7-11-16(21)20-15(19(3,4)5)13-25-18(20)23/h7-8,11-12,14-15H,6,9-10,13H2,1-5H3/b11-7+,12-8+/t14-,15+/m0/s1. The van der Waals surface area contributed by atoms with Gasteiger partial charge in [0.2, 0.25) is 0 Å². The number of nitrogens with zero attached hydrogens (tertiary/aromatic N) is 1. The van der Waals surface area contributed by atoms with E-state index >= 15 is 0 Å². The fourth-order valence-corrected chi connectivity index (χ4v) is 2.47. The van der Waals surface area contributed by atoms with E-state index in [1.165, 1.54) is 17.1 Å². The first-order valence-electron chi connectivity index (χ1n) is 8.66. The van der Waals surface area contributed by atoms with Gasteiger partial charge >= 0.3 is 12.1 Å². The molecule has 25 heavy (non-hydrogen) atoms. The van der Waals surface area contributed by atoms with E-state index in [0.717, 1.165) is 0 Å². The van der Waals surface area contributed by atoms with Gasteiger partial charge in [-0.25, -0.2) is 14.5 Å². The molecule has 2 amide bonds. The molecule has 0 aromatic heterocycles. The van der Waals surface area contributed by atoms with Crippen molar-refractivity contribution < 1.29 is 23.9 Å². The Labute approximate surface area is 149 Å². The largest absolute Gasteiger partial charge is 0.463 e. The number of carbonyl (C=O) groups excluding carboxylic acids is 3. The number of hydrogen-bond acceptors (Lipinski definition) is 5. The second-order valence-corrected chi connectivity index (χ2v) is 7.30. The van der Waals surface area contributed by atoms with Crippen molar-refractivity contribution in [1.29, 1.82) is 0 Å². The summed E-state index contributed by atoms with van der Waals surface area (Å²) in [6.45, 7) is 10.3. The number of imide groups is 1. The Morgan fingerprint density at radius 2 is 1.88 bits per heavy atom. The van der Waals surface area contributed by atoms with Crippen molar-refractivity contribution in [2.45, 2.75) is 53.5 Å². The molecule has 1 rings (SSSR count). The van der Waals surface area contributed by atoms with E-state index in [2.05, 4.69) is 0 Å². The zero-order valence-electron chi connectivity index (χ0n) is 15.8. The maximum absolute atomic E-state index is 12.3. The monoisotopic (exact) mass is 351 g/mol. The molecule has 0 bridgehead atoms. The van der Waals surface area contributed by atoms with Crippen molar-refractivity contribution in [1.82, 2.24) is 4.90 Å². The van der Waals surface area contributed by atoms with Crippen molar-refractivity contribution >= 4 is 18.0 Å². The van der Waals surface area contributed by atoms with Crippen LogP contribution in [0, 0.1) is 11.3 Å². The smallest absolute Gasteiger partial charge is 0.417 e. The number of rotatable bonds is 7. The summed E-state index contributed by atoms with van der Waals surface area (Å²) in [5, 5.41) is 0. The van der Waals surface area contributed by atoms with Crippen molar-refractivity contribution in [3.8, 4) is 0 Å². The lowest BCUT2D eigenvalue weighted by Crippen LogP contribution is -2.45. The molecule has 1 saturated heterocycles. The van der Waals surface area contributed by atoms with Gasteiger partial charge in [0, 0.05) is 6.08 Å². The third-order valence-electron chi connectivity index (χ3n) is 3.99. The minimum Gasteiger partial charge on any atom is -0.463 e. The Bertz CT molecular complexity index is 545. The Kier molecular flexibility index (Phi) is 7.87. The Morgan fingerprint density at radius 1 is 1.28 bits per heavy atom. The van der Waals surface area contributed by atoms with Crippen molar-refractivity contribution in [3.05, 3.63) is 24.3 Å². The highest BCUT2D eigenvalue weighted by molar-refractivity contribution is 5.99. The number of amides is 2. The van der Waals surface area contributed by atoms with Crippen LogP contribution in [0.3, 0.4) is 0 Å². The molecule has 0 radical (unpaired) electrons. The van der Waals surface area contributed by atoms with Crippen LogP contribution in [-0.4, -0.2) is 42.1 Å². The third-order valence-corrected chi connectivity index (χ3v) is 3.99. The summed E-state index contributed by atoms with van der Waals surface area (Å²) in [6.07, 6.45) is 7.16. The van der Waals surface area contributed by atoms with E-state index in [-0.39, 0.29) is 35.9 Å². The van der Waals surface area contributed by atoms with Gasteiger partial charge in [-0.15, -0.1) is 0 Å². The van der Waals surface area contributed by atoms with Crippen LogP contribution < -0.4 is 0 Å². The molecule has 1 aliphatic heterocycles. The number of esters is 1. The van der Waals surface area contributed by atoms with Crippen LogP contribution in [0.4, 0.5) is 4.79 Å². The summed E-state index contributed by atoms with van der Waals surface area (Å²) >= 11 is 0. The quantitative estimate of drug-likeness (QED) is 0.519. The molecular formula is C19H29NO5.